The van der Waals surface area contributed by atoms with Gasteiger partial charge in [-0.25, -0.2) is 33.2 Å². The summed E-state index contributed by atoms with van der Waals surface area (Å²) in [7, 11) is -2.97. The van der Waals surface area contributed by atoms with E-state index in [1.165, 1.54) is 6.92 Å². The van der Waals surface area contributed by atoms with E-state index in [0.717, 1.165) is 33.1 Å². The lowest BCUT2D eigenvalue weighted by Crippen LogP contribution is -2.68. The van der Waals surface area contributed by atoms with E-state index >= 15 is 0 Å². The number of ether oxygens (including phenoxy) is 1. The number of H-pyrrole nitrogens is 1. The lowest BCUT2D eigenvalue weighted by Gasteiger charge is -2.17. The van der Waals surface area contributed by atoms with E-state index in [2.05, 4.69) is 11.1 Å². The molecule has 4 aromatic rings. The van der Waals surface area contributed by atoms with Crippen LogP contribution in [0.4, 0.5) is 0 Å². The minimum absolute atomic E-state index is 0.332. The van der Waals surface area contributed by atoms with Crippen LogP contribution in [0, 0.1) is 10.2 Å². The lowest BCUT2D eigenvalue weighted by atomic mass is 10.2. The summed E-state index contributed by atoms with van der Waals surface area (Å²) in [6, 6.07) is 13.6. The first-order valence-corrected chi connectivity index (χ1v) is 8.87. The molecule has 0 unspecified atom stereocenters. The number of benzene rings is 2. The van der Waals surface area contributed by atoms with Gasteiger partial charge in [0.05, 0.1) is 12.4 Å². The molecule has 10 heteroatoms. The molecule has 2 heterocycles. The third-order valence-electron chi connectivity index (χ3n) is 3.80. The standard InChI is InChI=1S/C17H13N3O2.ClHO4/c1-10(21)22-11-7-8-14-15(9-11)20(2)17-16(18-14)12-5-3-4-6-13(12)19-17;2-1(3,4)5/h3-9H,1-2H3;(H,2,3,4,5). The molecule has 0 bridgehead atoms. The molecule has 2 aromatic heterocycles. The molecule has 0 fully saturated rings. The van der Waals surface area contributed by atoms with Gasteiger partial charge in [-0.2, -0.15) is 0 Å². The molecule has 0 saturated carbocycles. The quantitative estimate of drug-likeness (QED) is 0.221. The van der Waals surface area contributed by atoms with Gasteiger partial charge in [0.1, 0.15) is 16.8 Å². The summed E-state index contributed by atoms with van der Waals surface area (Å²) >= 11 is 0. The number of aromatic amines is 1. The lowest BCUT2D eigenvalue weighted by molar-refractivity contribution is -2.00. The van der Waals surface area contributed by atoms with Crippen LogP contribution in [-0.4, -0.2) is 15.9 Å². The van der Waals surface area contributed by atoms with E-state index < -0.39 is 10.2 Å². The number of carbonyl (C=O) groups excluding carboxylic acids is 1. The smallest absolute Gasteiger partial charge is 0.308 e. The third-order valence-corrected chi connectivity index (χ3v) is 3.80. The van der Waals surface area contributed by atoms with E-state index in [4.69, 9.17) is 28.4 Å². The van der Waals surface area contributed by atoms with Crippen LogP contribution in [0.5, 0.6) is 5.75 Å². The second kappa shape index (κ2) is 7.06. The van der Waals surface area contributed by atoms with E-state index in [1.54, 1.807) is 6.07 Å². The number of esters is 1. The van der Waals surface area contributed by atoms with Crippen molar-refractivity contribution in [1.29, 1.82) is 0 Å². The van der Waals surface area contributed by atoms with E-state index in [9.17, 15) is 4.79 Å². The molecular weight excluding hydrogens is 378 g/mol. The molecule has 27 heavy (non-hydrogen) atoms. The van der Waals surface area contributed by atoms with Gasteiger partial charge in [0, 0.05) is 13.0 Å². The van der Waals surface area contributed by atoms with E-state index in [-0.39, 0.29) is 5.97 Å². The molecule has 2 aromatic carbocycles. The van der Waals surface area contributed by atoms with Crippen LogP contribution in [-0.2, 0) is 11.8 Å². The first kappa shape index (κ1) is 19.0. The second-order valence-electron chi connectivity index (χ2n) is 5.66. The highest BCUT2D eigenvalue weighted by atomic mass is 35.7. The topological polar surface area (TPSA) is 151 Å². The zero-order valence-electron chi connectivity index (χ0n) is 14.3. The highest BCUT2D eigenvalue weighted by Gasteiger charge is 2.17. The molecule has 1 N–H and O–H groups in total. The van der Waals surface area contributed by atoms with Crippen LogP contribution in [0.3, 0.4) is 0 Å². The first-order chi connectivity index (χ1) is 12.6. The average Bonchev–Trinajstić information content (AvgIpc) is 2.93. The number of nitrogens with one attached hydrogen (secondary N) is 1. The van der Waals surface area contributed by atoms with Crippen molar-refractivity contribution in [2.45, 2.75) is 6.92 Å². The highest BCUT2D eigenvalue weighted by molar-refractivity contribution is 6.03. The largest absolute Gasteiger partial charge is 0.427 e. The Kier molecular flexibility index (Phi) is 4.96. The molecule has 0 atom stereocenters. The van der Waals surface area contributed by atoms with Gasteiger partial charge in [-0.3, -0.25) is 4.79 Å². The maximum absolute atomic E-state index is 11.1. The van der Waals surface area contributed by atoms with Crippen LogP contribution in [0.1, 0.15) is 6.92 Å². The Morgan fingerprint density at radius 2 is 1.81 bits per heavy atom. The van der Waals surface area contributed by atoms with Crippen LogP contribution < -0.4 is 27.9 Å². The minimum Gasteiger partial charge on any atom is -0.427 e. The van der Waals surface area contributed by atoms with Crippen LogP contribution in [0.25, 0.3) is 33.1 Å². The predicted molar refractivity (Wildman–Crippen MR) is 83.6 cm³/mol. The average molecular weight is 392 g/mol. The number of rotatable bonds is 1. The van der Waals surface area contributed by atoms with Crippen LogP contribution in [0.15, 0.2) is 42.5 Å². The Morgan fingerprint density at radius 3 is 2.48 bits per heavy atom. The van der Waals surface area contributed by atoms with Crippen molar-refractivity contribution in [2.24, 2.45) is 7.05 Å². The first-order valence-electron chi connectivity index (χ1n) is 7.64. The molecule has 0 aliphatic heterocycles. The fraction of sp³-hybridized carbons (Fsp3) is 0.118. The van der Waals surface area contributed by atoms with Crippen molar-refractivity contribution in [3.05, 3.63) is 42.5 Å². The van der Waals surface area contributed by atoms with Crippen molar-refractivity contribution < 1.29 is 43.0 Å². The zero-order chi connectivity index (χ0) is 19.8. The number of hydrogen-bond donors (Lipinski definition) is 1. The fourth-order valence-corrected chi connectivity index (χ4v) is 2.81. The fourth-order valence-electron chi connectivity index (χ4n) is 2.81. The Morgan fingerprint density at radius 1 is 1.15 bits per heavy atom. The summed E-state index contributed by atoms with van der Waals surface area (Å²) < 4.78 is 41.2. The number of para-hydroxylation sites is 1. The van der Waals surface area contributed by atoms with Gasteiger partial charge in [0.15, 0.2) is 11.0 Å². The summed E-state index contributed by atoms with van der Waals surface area (Å²) in [5, 5.41) is 1.10. The van der Waals surface area contributed by atoms with Gasteiger partial charge in [-0.05, 0) is 24.3 Å². The zero-order valence-corrected chi connectivity index (χ0v) is 15.0. The molecule has 0 radical (unpaired) electrons. The minimum atomic E-state index is -4.94. The van der Waals surface area contributed by atoms with Crippen LogP contribution in [0.2, 0.25) is 0 Å². The maximum atomic E-state index is 11.1. The SMILES string of the molecule is CC(=O)Oc1ccc2nc3c4ccccc4[nH]c3[n+](C)c2c1.[O-][Cl+3]([O-])([O-])[O-]. The molecule has 9 nitrogen and oxygen atoms in total. The van der Waals surface area contributed by atoms with Gasteiger partial charge < -0.3 is 4.74 Å². The molecule has 0 saturated heterocycles. The van der Waals surface area contributed by atoms with Crippen molar-refractivity contribution in [3.63, 3.8) is 0 Å². The predicted octanol–water partition coefficient (Wildman–Crippen LogP) is -2.14. The summed E-state index contributed by atoms with van der Waals surface area (Å²) in [6.07, 6.45) is 0. The third kappa shape index (κ3) is 4.30. The van der Waals surface area contributed by atoms with E-state index in [1.807, 2.05) is 41.9 Å². The molecule has 0 amide bonds. The Hall–Kier alpha value is -2.82. The molecule has 0 aliphatic carbocycles. The Bertz CT molecular complexity index is 1150. The normalized spacial score (nSPS) is 11.5. The van der Waals surface area contributed by atoms with Gasteiger partial charge in [0.25, 0.3) is 0 Å². The maximum Gasteiger partial charge on any atom is 0.308 e. The number of halogens is 1. The number of fused-ring (bicyclic) bond motifs is 4. The number of nitrogens with zero attached hydrogens (tertiary/aromatic N) is 2. The van der Waals surface area contributed by atoms with E-state index in [0.29, 0.717) is 5.75 Å². The van der Waals surface area contributed by atoms with Gasteiger partial charge in [-0.15, -0.1) is 10.2 Å². The van der Waals surface area contributed by atoms with Gasteiger partial charge in [0.2, 0.25) is 0 Å². The number of aryl methyl sites for hydroxylation is 1. The van der Waals surface area contributed by atoms with Crippen LogP contribution >= 0.6 is 0 Å². The molecule has 0 spiro atoms. The summed E-state index contributed by atoms with van der Waals surface area (Å²) in [5.41, 5.74) is 4.68. The number of carbonyl (C=O) groups is 1. The summed E-state index contributed by atoms with van der Waals surface area (Å²) in [4.78, 5) is 19.3. The molecule has 0 aliphatic rings. The van der Waals surface area contributed by atoms with Gasteiger partial charge >= 0.3 is 11.6 Å². The summed E-state index contributed by atoms with van der Waals surface area (Å²) in [6.45, 7) is 1.39. The molecular formula is C17H14ClN3O6. The number of hydrogen-bond acceptors (Lipinski definition) is 7. The monoisotopic (exact) mass is 391 g/mol. The summed E-state index contributed by atoms with van der Waals surface area (Å²) in [5.74, 6) is 0.189. The number of aromatic nitrogens is 3. The van der Waals surface area contributed by atoms with Crippen molar-refractivity contribution in [3.8, 4) is 5.75 Å². The van der Waals surface area contributed by atoms with Crippen molar-refractivity contribution >= 4 is 39.1 Å². The molecule has 140 valence electrons. The highest BCUT2D eigenvalue weighted by Crippen LogP contribution is 2.25. The van der Waals surface area contributed by atoms with Crippen molar-refractivity contribution in [1.82, 2.24) is 9.97 Å². The second-order valence-corrected chi connectivity index (χ2v) is 6.42. The Balaban J connectivity index is 0.000000376. The Labute approximate surface area is 154 Å². The van der Waals surface area contributed by atoms with Gasteiger partial charge in [-0.1, -0.05) is 12.1 Å². The van der Waals surface area contributed by atoms with Crippen molar-refractivity contribution in [2.75, 3.05) is 0 Å². The molecule has 4 rings (SSSR count).